The van der Waals surface area contributed by atoms with Crippen LogP contribution in [-0.2, 0) is 15.8 Å². The molecule has 1 aromatic heterocycles. The summed E-state index contributed by atoms with van der Waals surface area (Å²) in [6.07, 6.45) is -0.391. The Bertz CT molecular complexity index is 1010. The maximum atomic E-state index is 12.3. The van der Waals surface area contributed by atoms with E-state index in [4.69, 9.17) is 27.9 Å². The second-order valence-corrected chi connectivity index (χ2v) is 9.25. The third kappa shape index (κ3) is 5.80. The normalized spacial score (nSPS) is 12.6. The molecule has 3 aromatic rings. The summed E-state index contributed by atoms with van der Waals surface area (Å²) in [6, 6.07) is 13.5. The Hall–Kier alpha value is -1.87. The zero-order valence-corrected chi connectivity index (χ0v) is 17.2. The maximum Gasteiger partial charge on any atom is 0.238 e. The Morgan fingerprint density at radius 2 is 1.63 bits per heavy atom. The summed E-state index contributed by atoms with van der Waals surface area (Å²) in [5, 5.41) is 9.79. The Morgan fingerprint density at radius 3 is 2.26 bits per heavy atom. The molecule has 2 aromatic carbocycles. The van der Waals surface area contributed by atoms with Gasteiger partial charge in [0.1, 0.15) is 11.9 Å². The molecule has 27 heavy (non-hydrogen) atoms. The second-order valence-electron chi connectivity index (χ2n) is 5.65. The lowest BCUT2D eigenvalue weighted by molar-refractivity contribution is 0.225. The molecular weight excluding hydrogens is 429 g/mol. The molecule has 10 heteroatoms. The van der Waals surface area contributed by atoms with Gasteiger partial charge in [0.15, 0.2) is 5.01 Å². The predicted octanol–water partition coefficient (Wildman–Crippen LogP) is 4.93. The number of hydrogen-bond acceptors (Lipinski definition) is 6. The van der Waals surface area contributed by atoms with Gasteiger partial charge in [0.05, 0.1) is 5.75 Å². The first-order valence-corrected chi connectivity index (χ1v) is 11.0. The van der Waals surface area contributed by atoms with E-state index in [1.165, 1.54) is 0 Å². The third-order valence-corrected chi connectivity index (χ3v) is 6.28. The maximum absolute atomic E-state index is 12.3. The summed E-state index contributed by atoms with van der Waals surface area (Å²) in [4.78, 5) is 0. The van der Waals surface area contributed by atoms with Crippen LogP contribution in [-0.4, -0.2) is 18.6 Å². The smallest absolute Gasteiger partial charge is 0.238 e. The van der Waals surface area contributed by atoms with Crippen molar-refractivity contribution in [3.8, 4) is 5.75 Å². The van der Waals surface area contributed by atoms with E-state index >= 15 is 0 Å². The van der Waals surface area contributed by atoms with Crippen LogP contribution in [0.4, 0.5) is 5.13 Å². The lowest BCUT2D eigenvalue weighted by atomic mass is 10.2. The Morgan fingerprint density at radius 1 is 1.04 bits per heavy atom. The number of ether oxygens (including phenoxy) is 1. The van der Waals surface area contributed by atoms with Gasteiger partial charge in [0, 0.05) is 10.0 Å². The number of nitrogens with one attached hydrogen (secondary N) is 1. The van der Waals surface area contributed by atoms with Crippen molar-refractivity contribution in [3.05, 3.63) is 69.1 Å². The molecular formula is C17H15Cl2N3O3S2. The fraction of sp³-hybridized carbons (Fsp3) is 0.176. The summed E-state index contributed by atoms with van der Waals surface area (Å²) in [6.45, 7) is 1.81. The Labute approximate surface area is 171 Å². The minimum absolute atomic E-state index is 0.185. The van der Waals surface area contributed by atoms with Crippen molar-refractivity contribution in [2.24, 2.45) is 0 Å². The van der Waals surface area contributed by atoms with Crippen LogP contribution in [0, 0.1) is 0 Å². The topological polar surface area (TPSA) is 81.2 Å². The van der Waals surface area contributed by atoms with Crippen LogP contribution in [0.5, 0.6) is 5.75 Å². The highest BCUT2D eigenvalue weighted by molar-refractivity contribution is 7.92. The number of nitrogens with zero attached hydrogens (tertiary/aromatic N) is 2. The van der Waals surface area contributed by atoms with E-state index in [0.29, 0.717) is 26.4 Å². The van der Waals surface area contributed by atoms with Crippen LogP contribution < -0.4 is 9.46 Å². The highest BCUT2D eigenvalue weighted by atomic mass is 35.5. The monoisotopic (exact) mass is 443 g/mol. The second kappa shape index (κ2) is 8.43. The quantitative estimate of drug-likeness (QED) is 0.559. The number of anilines is 1. The molecule has 0 bridgehead atoms. The molecule has 0 fully saturated rings. The third-order valence-electron chi connectivity index (χ3n) is 3.43. The van der Waals surface area contributed by atoms with Crippen LogP contribution in [0.25, 0.3) is 0 Å². The van der Waals surface area contributed by atoms with E-state index < -0.39 is 16.1 Å². The summed E-state index contributed by atoms with van der Waals surface area (Å²) in [7, 11) is -3.62. The molecule has 1 heterocycles. The lowest BCUT2D eigenvalue weighted by Gasteiger charge is -2.11. The van der Waals surface area contributed by atoms with Gasteiger partial charge < -0.3 is 4.74 Å². The van der Waals surface area contributed by atoms with Gasteiger partial charge in [-0.15, -0.1) is 10.2 Å². The van der Waals surface area contributed by atoms with Gasteiger partial charge in [0.2, 0.25) is 15.2 Å². The minimum Gasteiger partial charge on any atom is -0.483 e. The first-order chi connectivity index (χ1) is 12.8. The first-order valence-electron chi connectivity index (χ1n) is 7.81. The van der Waals surface area contributed by atoms with Gasteiger partial charge in [0.25, 0.3) is 0 Å². The van der Waals surface area contributed by atoms with Crippen molar-refractivity contribution in [2.45, 2.75) is 18.8 Å². The van der Waals surface area contributed by atoms with Crippen LogP contribution in [0.3, 0.4) is 0 Å². The largest absolute Gasteiger partial charge is 0.483 e. The first kappa shape index (κ1) is 19.9. The van der Waals surface area contributed by atoms with Gasteiger partial charge in [-0.05, 0) is 48.9 Å². The molecule has 0 aliphatic heterocycles. The molecule has 6 nitrogen and oxygen atoms in total. The van der Waals surface area contributed by atoms with Crippen molar-refractivity contribution in [1.29, 1.82) is 0 Å². The molecule has 0 spiro atoms. The summed E-state index contributed by atoms with van der Waals surface area (Å²) >= 11 is 12.8. The summed E-state index contributed by atoms with van der Waals surface area (Å²) in [5.74, 6) is 0.447. The molecule has 142 valence electrons. The van der Waals surface area contributed by atoms with Gasteiger partial charge in [-0.3, -0.25) is 4.72 Å². The molecule has 3 rings (SSSR count). The molecule has 0 amide bonds. The van der Waals surface area contributed by atoms with Crippen molar-refractivity contribution >= 4 is 49.7 Å². The molecule has 0 aliphatic carbocycles. The van der Waals surface area contributed by atoms with Gasteiger partial charge in [-0.1, -0.05) is 46.7 Å². The number of hydrogen-bond donors (Lipinski definition) is 1. The average molecular weight is 444 g/mol. The highest BCUT2D eigenvalue weighted by Gasteiger charge is 2.18. The van der Waals surface area contributed by atoms with Crippen molar-refractivity contribution in [3.63, 3.8) is 0 Å². The number of aromatic nitrogens is 2. The Balaban J connectivity index is 1.64. The van der Waals surface area contributed by atoms with E-state index in [2.05, 4.69) is 14.9 Å². The van der Waals surface area contributed by atoms with Gasteiger partial charge in [-0.25, -0.2) is 8.42 Å². The molecule has 1 unspecified atom stereocenters. The predicted molar refractivity (Wildman–Crippen MR) is 108 cm³/mol. The fourth-order valence-electron chi connectivity index (χ4n) is 2.18. The average Bonchev–Trinajstić information content (AvgIpc) is 3.06. The van der Waals surface area contributed by atoms with E-state index in [1.54, 1.807) is 55.5 Å². The van der Waals surface area contributed by atoms with Crippen molar-refractivity contribution in [1.82, 2.24) is 10.2 Å². The Kier molecular flexibility index (Phi) is 6.21. The number of benzene rings is 2. The van der Waals surface area contributed by atoms with Gasteiger partial charge in [-0.2, -0.15) is 0 Å². The summed E-state index contributed by atoms with van der Waals surface area (Å²) < 4.78 is 32.8. The highest BCUT2D eigenvalue weighted by Crippen LogP contribution is 2.27. The van der Waals surface area contributed by atoms with E-state index in [-0.39, 0.29) is 10.9 Å². The van der Waals surface area contributed by atoms with Crippen molar-refractivity contribution in [2.75, 3.05) is 4.72 Å². The fourth-order valence-corrected chi connectivity index (χ4v) is 4.56. The zero-order valence-electron chi connectivity index (χ0n) is 14.1. The number of rotatable bonds is 7. The van der Waals surface area contributed by atoms with E-state index in [9.17, 15) is 8.42 Å². The summed E-state index contributed by atoms with van der Waals surface area (Å²) in [5.41, 5.74) is 0.621. The minimum atomic E-state index is -3.62. The SMILES string of the molecule is CC(Oc1ccc(Cl)cc1)c1nnc(NS(=O)(=O)Cc2ccc(Cl)cc2)s1. The molecule has 0 radical (unpaired) electrons. The molecule has 1 N–H and O–H groups in total. The van der Waals surface area contributed by atoms with Crippen LogP contribution in [0.1, 0.15) is 23.6 Å². The van der Waals surface area contributed by atoms with Crippen LogP contribution in [0.15, 0.2) is 48.5 Å². The van der Waals surface area contributed by atoms with E-state index in [0.717, 1.165) is 11.3 Å². The molecule has 0 aliphatic rings. The molecule has 0 saturated heterocycles. The van der Waals surface area contributed by atoms with Crippen LogP contribution in [0.2, 0.25) is 10.0 Å². The van der Waals surface area contributed by atoms with Crippen LogP contribution >= 0.6 is 34.5 Å². The molecule has 0 saturated carbocycles. The number of sulfonamides is 1. The van der Waals surface area contributed by atoms with Crippen molar-refractivity contribution < 1.29 is 13.2 Å². The van der Waals surface area contributed by atoms with Gasteiger partial charge >= 0.3 is 0 Å². The standard InChI is InChI=1S/C17H15Cl2N3O3S2/c1-11(25-15-8-6-14(19)7-9-15)16-20-21-17(26-16)22-27(23,24)10-12-2-4-13(18)5-3-12/h2-9,11H,10H2,1H3,(H,21,22). The lowest BCUT2D eigenvalue weighted by Crippen LogP contribution is -2.14. The van der Waals surface area contributed by atoms with E-state index in [1.807, 2.05) is 0 Å². The zero-order chi connectivity index (χ0) is 19.4. The number of halogens is 2. The molecule has 1 atom stereocenters.